The highest BCUT2D eigenvalue weighted by atomic mass is 16.3. The van der Waals surface area contributed by atoms with Gasteiger partial charge in [0.1, 0.15) is 11.2 Å². The summed E-state index contributed by atoms with van der Waals surface area (Å²) in [5.74, 6) is 0. The number of furan rings is 1. The molecule has 0 bridgehead atoms. The highest BCUT2D eigenvalue weighted by Gasteiger charge is 2.21. The first-order valence-electron chi connectivity index (χ1n) is 24.6. The molecule has 0 N–H and O–H groups in total. The van der Waals surface area contributed by atoms with E-state index in [0.29, 0.717) is 21.7 Å². The number of hydrogen-bond donors (Lipinski definition) is 0. The summed E-state index contributed by atoms with van der Waals surface area (Å²) < 4.78 is 171. The summed E-state index contributed by atoms with van der Waals surface area (Å²) in [5.41, 5.74) is 0.435. The van der Waals surface area contributed by atoms with Crippen LogP contribution < -0.4 is 0 Å². The van der Waals surface area contributed by atoms with Gasteiger partial charge in [-0.1, -0.05) is 139 Å². The molecule has 0 saturated carbocycles. The average molecular weight is 637 g/mol. The summed E-state index contributed by atoms with van der Waals surface area (Å²) in [4.78, 5) is 0. The largest absolute Gasteiger partial charge is 0.455 e. The Morgan fingerprint density at radius 3 is 1.59 bits per heavy atom. The summed E-state index contributed by atoms with van der Waals surface area (Å²) >= 11 is 0. The molecule has 0 radical (unpaired) electrons. The zero-order chi connectivity index (χ0) is 47.5. The average Bonchev–Trinajstić information content (AvgIpc) is 3.69. The minimum absolute atomic E-state index is 0.0350. The van der Waals surface area contributed by atoms with Crippen molar-refractivity contribution in [3.05, 3.63) is 157 Å². The van der Waals surface area contributed by atoms with Crippen molar-refractivity contribution in [2.24, 2.45) is 0 Å². The van der Waals surface area contributed by atoms with Crippen molar-refractivity contribution < 1.29 is 29.1 Å². The highest BCUT2D eigenvalue weighted by Crippen LogP contribution is 2.47. The van der Waals surface area contributed by atoms with E-state index in [1.54, 1.807) is 12.1 Å². The van der Waals surface area contributed by atoms with Crippen LogP contribution in [0.25, 0.3) is 120 Å². The lowest BCUT2D eigenvalue weighted by atomic mass is 9.86. The SMILES string of the molecule is [2H]c1c([2H])c2c([2H])c([2H])c3c([2H])c([2H])c(-c4cc(-c5c([2H])c([2H])c6c([2H])c([2H])c7c([2H])c([2H])c([2H])c8c([2H])c([2H])c5c6c78)c5c(c4)oc4c6ccccc6ccc45)c4c([2H])c([2H])c(c1[2H])c2c34. The Bertz CT molecular complexity index is 4320. The highest BCUT2D eigenvalue weighted by molar-refractivity contribution is 6.29. The molecule has 11 aromatic carbocycles. The van der Waals surface area contributed by atoms with Crippen molar-refractivity contribution in [3.8, 4) is 22.3 Å². The van der Waals surface area contributed by atoms with Gasteiger partial charge < -0.3 is 4.42 Å². The van der Waals surface area contributed by atoms with Gasteiger partial charge in [-0.05, 0) is 110 Å². The topological polar surface area (TPSA) is 13.1 Å². The number of benzene rings is 11. The summed E-state index contributed by atoms with van der Waals surface area (Å²) in [6, 6.07) is 4.15. The zero-order valence-corrected chi connectivity index (χ0v) is 25.0. The Balaban J connectivity index is 1.35. The van der Waals surface area contributed by atoms with E-state index in [2.05, 4.69) is 0 Å². The van der Waals surface area contributed by atoms with Crippen molar-refractivity contribution >= 4 is 97.3 Å². The van der Waals surface area contributed by atoms with Gasteiger partial charge in [0.25, 0.3) is 0 Å². The first-order chi connectivity index (χ1) is 31.8. The van der Waals surface area contributed by atoms with Crippen LogP contribution in [0, 0.1) is 0 Å². The molecule has 1 aromatic heterocycles. The van der Waals surface area contributed by atoms with Crippen LogP contribution in [0.3, 0.4) is 0 Å². The Labute approximate surface area is 306 Å². The first-order valence-corrected chi connectivity index (χ1v) is 15.6. The Kier molecular flexibility index (Phi) is 2.67. The predicted octanol–water partition coefficient (Wildman–Crippen LogP) is 13.9. The van der Waals surface area contributed by atoms with Crippen molar-refractivity contribution in [1.29, 1.82) is 0 Å². The molecule has 0 saturated heterocycles. The zero-order valence-electron chi connectivity index (χ0n) is 43.0. The van der Waals surface area contributed by atoms with E-state index >= 15 is 0 Å². The van der Waals surface area contributed by atoms with Crippen LogP contribution in [0.4, 0.5) is 0 Å². The summed E-state index contributed by atoms with van der Waals surface area (Å²) in [6.45, 7) is 0. The molecule has 0 aliphatic rings. The van der Waals surface area contributed by atoms with Crippen LogP contribution in [0.1, 0.15) is 24.7 Å². The molecule has 1 heterocycles. The molecule has 0 atom stereocenters. The Morgan fingerprint density at radius 2 is 0.918 bits per heavy atom. The minimum Gasteiger partial charge on any atom is -0.455 e. The molecule has 0 amide bonds. The van der Waals surface area contributed by atoms with Gasteiger partial charge in [0.05, 0.1) is 24.7 Å². The quantitative estimate of drug-likeness (QED) is 0.172. The predicted molar refractivity (Wildman–Crippen MR) is 210 cm³/mol. The molecule has 1 nitrogen and oxygen atoms in total. The fourth-order valence-electron chi connectivity index (χ4n) is 7.52. The van der Waals surface area contributed by atoms with Crippen molar-refractivity contribution in [2.75, 3.05) is 0 Å². The molecule has 12 rings (SSSR count). The van der Waals surface area contributed by atoms with Crippen LogP contribution in [0.5, 0.6) is 0 Å². The molecule has 0 unspecified atom stereocenters. The van der Waals surface area contributed by atoms with Crippen molar-refractivity contribution in [1.82, 2.24) is 0 Å². The summed E-state index contributed by atoms with van der Waals surface area (Å²) in [6.07, 6.45) is 0. The second kappa shape index (κ2) is 9.13. The van der Waals surface area contributed by atoms with Gasteiger partial charge >= 0.3 is 0 Å². The number of rotatable bonds is 2. The number of hydrogen-bond acceptors (Lipinski definition) is 1. The lowest BCUT2D eigenvalue weighted by molar-refractivity contribution is 0.673. The van der Waals surface area contributed by atoms with Gasteiger partial charge in [0.15, 0.2) is 0 Å². The Hall–Kier alpha value is -6.44. The second-order valence-corrected chi connectivity index (χ2v) is 12.2. The molecule has 0 aliphatic carbocycles. The molecule has 0 aliphatic heterocycles. The van der Waals surface area contributed by atoms with E-state index in [9.17, 15) is 11.0 Å². The molecule has 0 fully saturated rings. The van der Waals surface area contributed by atoms with Gasteiger partial charge in [0.2, 0.25) is 0 Å². The van der Waals surface area contributed by atoms with Crippen molar-refractivity contribution in [2.45, 2.75) is 0 Å². The fourth-order valence-corrected chi connectivity index (χ4v) is 7.52. The molecule has 224 valence electrons. The van der Waals surface area contributed by atoms with Crippen molar-refractivity contribution in [3.63, 3.8) is 0 Å². The normalized spacial score (nSPS) is 17.6. The second-order valence-electron chi connectivity index (χ2n) is 12.2. The minimum atomic E-state index is -0.613. The van der Waals surface area contributed by atoms with E-state index in [-0.39, 0.29) is 92.5 Å². The molecular weight excluding hydrogens is 593 g/mol. The first kappa shape index (κ1) is 14.4. The number of fused-ring (bicyclic) bond motifs is 5. The van der Waals surface area contributed by atoms with Crippen LogP contribution in [0.15, 0.2) is 162 Å². The molecule has 12 aromatic rings. The standard InChI is InChI=1S/C48H26O/c1-2-10-36-27(5-1)15-24-40-47-41(37-21-17-33-14-12-29-7-4-9-31-19-23-39(37)46(33)44(29)31)25-34(26-42(47)49-48(36)40)35-20-16-32-13-11-28-6-3-8-30-18-22-38(35)45(32)43(28)30/h1-26H/i3D,4D,6D,7D,8D,9D,11D,12D,13D,14D,16D,17D,18D,19D,20D,21D,22D,23D. The lowest BCUT2D eigenvalue weighted by Crippen LogP contribution is -1.90. The van der Waals surface area contributed by atoms with Crippen LogP contribution in [-0.2, 0) is 0 Å². The lowest BCUT2D eigenvalue weighted by Gasteiger charge is -2.17. The van der Waals surface area contributed by atoms with E-state index < -0.39 is 109 Å². The van der Waals surface area contributed by atoms with Crippen LogP contribution in [-0.4, -0.2) is 0 Å². The van der Waals surface area contributed by atoms with Gasteiger partial charge in [-0.25, -0.2) is 0 Å². The van der Waals surface area contributed by atoms with E-state index in [1.807, 2.05) is 30.3 Å². The molecular formula is C48H26O. The summed E-state index contributed by atoms with van der Waals surface area (Å²) in [7, 11) is 0. The fraction of sp³-hybridized carbons (Fsp3) is 0. The van der Waals surface area contributed by atoms with Gasteiger partial charge in [-0.3, -0.25) is 0 Å². The van der Waals surface area contributed by atoms with Gasteiger partial charge in [-0.2, -0.15) is 0 Å². The van der Waals surface area contributed by atoms with Crippen LogP contribution >= 0.6 is 0 Å². The molecule has 1 heteroatoms. The maximum Gasteiger partial charge on any atom is 0.143 e. The van der Waals surface area contributed by atoms with E-state index in [1.165, 1.54) is 6.07 Å². The van der Waals surface area contributed by atoms with Gasteiger partial charge in [-0.15, -0.1) is 0 Å². The maximum atomic E-state index is 9.74. The Morgan fingerprint density at radius 1 is 0.367 bits per heavy atom. The maximum absolute atomic E-state index is 9.74. The molecule has 49 heavy (non-hydrogen) atoms. The third-order valence-corrected chi connectivity index (χ3v) is 9.65. The van der Waals surface area contributed by atoms with Gasteiger partial charge in [0, 0.05) is 16.2 Å². The third kappa shape index (κ3) is 3.34. The smallest absolute Gasteiger partial charge is 0.143 e. The monoisotopic (exact) mass is 636 g/mol. The van der Waals surface area contributed by atoms with Crippen LogP contribution in [0.2, 0.25) is 0 Å². The van der Waals surface area contributed by atoms with E-state index in [0.717, 1.165) is 5.39 Å². The summed E-state index contributed by atoms with van der Waals surface area (Å²) in [5, 5.41) is 0.531. The molecule has 0 spiro atoms. The third-order valence-electron chi connectivity index (χ3n) is 9.65. The van der Waals surface area contributed by atoms with E-state index in [4.69, 9.17) is 18.1 Å².